The largest absolute Gasteiger partial charge is 0.370 e. The molecule has 1 amide bonds. The highest BCUT2D eigenvalue weighted by atomic mass is 35.5. The van der Waals surface area contributed by atoms with E-state index in [0.29, 0.717) is 17.5 Å². The molecule has 6 heteroatoms. The first-order valence-corrected chi connectivity index (χ1v) is 4.48. The highest BCUT2D eigenvalue weighted by Crippen LogP contribution is 2.17. The Balaban J connectivity index is 2.59. The number of nitrogens with one attached hydrogen (secondary N) is 1. The van der Waals surface area contributed by atoms with Crippen LogP contribution in [0.25, 0.3) is 0 Å². The van der Waals surface area contributed by atoms with Gasteiger partial charge in [0.2, 0.25) is 5.91 Å². The van der Waals surface area contributed by atoms with Crippen molar-refractivity contribution in [3.63, 3.8) is 0 Å². The van der Waals surface area contributed by atoms with E-state index in [1.54, 1.807) is 6.92 Å². The second-order valence-electron chi connectivity index (χ2n) is 2.78. The third-order valence-corrected chi connectivity index (χ3v) is 2.07. The lowest BCUT2D eigenvalue weighted by atomic mass is 10.3. The predicted molar refractivity (Wildman–Crippen MR) is 54.1 cm³/mol. The van der Waals surface area contributed by atoms with Crippen LogP contribution in [0.4, 0.5) is 5.82 Å². The number of aromatic nitrogens is 2. The summed E-state index contributed by atoms with van der Waals surface area (Å²) in [6.45, 7) is 2.25. The molecule has 0 saturated carbocycles. The molecule has 0 aromatic carbocycles. The Kier molecular flexibility index (Phi) is 3.64. The molecule has 1 aromatic heterocycles. The number of amides is 1. The number of carbonyl (C=O) groups excluding carboxylic acids is 1. The van der Waals surface area contributed by atoms with Gasteiger partial charge in [-0.3, -0.25) is 4.79 Å². The molecule has 0 atom stereocenters. The summed E-state index contributed by atoms with van der Waals surface area (Å²) in [4.78, 5) is 18.2. The number of halogens is 1. The van der Waals surface area contributed by atoms with Crippen molar-refractivity contribution in [1.29, 1.82) is 0 Å². The number of rotatable bonds is 4. The molecule has 0 spiro atoms. The van der Waals surface area contributed by atoms with Gasteiger partial charge in [-0.25, -0.2) is 9.97 Å². The first-order chi connectivity index (χ1) is 6.61. The Labute approximate surface area is 86.7 Å². The molecule has 0 aliphatic carbocycles. The number of hydrogen-bond acceptors (Lipinski definition) is 4. The molecule has 14 heavy (non-hydrogen) atoms. The maximum absolute atomic E-state index is 10.5. The fourth-order valence-electron chi connectivity index (χ4n) is 0.911. The molecular weight excluding hydrogens is 204 g/mol. The number of anilines is 1. The molecule has 3 N–H and O–H groups in total. The lowest BCUT2D eigenvalue weighted by Crippen LogP contribution is -2.16. The van der Waals surface area contributed by atoms with Gasteiger partial charge in [0.25, 0.3) is 0 Å². The molecule has 0 bridgehead atoms. The highest BCUT2D eigenvalue weighted by Gasteiger charge is 2.04. The zero-order chi connectivity index (χ0) is 10.6. The smallest absolute Gasteiger partial charge is 0.219 e. The summed E-state index contributed by atoms with van der Waals surface area (Å²) in [5, 5.41) is 3.35. The van der Waals surface area contributed by atoms with Gasteiger partial charge in [0.05, 0.1) is 0 Å². The Hall–Kier alpha value is -1.36. The van der Waals surface area contributed by atoms with Crippen molar-refractivity contribution < 1.29 is 4.79 Å². The van der Waals surface area contributed by atoms with Crippen LogP contribution < -0.4 is 11.1 Å². The topological polar surface area (TPSA) is 80.9 Å². The maximum Gasteiger partial charge on any atom is 0.219 e. The van der Waals surface area contributed by atoms with Gasteiger partial charge >= 0.3 is 0 Å². The van der Waals surface area contributed by atoms with E-state index in [4.69, 9.17) is 17.3 Å². The summed E-state index contributed by atoms with van der Waals surface area (Å²) in [6.07, 6.45) is 1.63. The fourth-order valence-corrected chi connectivity index (χ4v) is 1.04. The average Bonchev–Trinajstić information content (AvgIpc) is 2.12. The van der Waals surface area contributed by atoms with Crippen molar-refractivity contribution in [2.75, 3.05) is 11.9 Å². The quantitative estimate of drug-likeness (QED) is 0.724. The van der Waals surface area contributed by atoms with Gasteiger partial charge in [-0.1, -0.05) is 11.6 Å². The van der Waals surface area contributed by atoms with E-state index in [9.17, 15) is 4.79 Å². The summed E-state index contributed by atoms with van der Waals surface area (Å²) in [7, 11) is 0. The number of carbonyl (C=O) groups is 1. The van der Waals surface area contributed by atoms with E-state index in [1.807, 2.05) is 0 Å². The van der Waals surface area contributed by atoms with Crippen LogP contribution in [0.15, 0.2) is 6.33 Å². The molecule has 5 nitrogen and oxygen atoms in total. The minimum atomic E-state index is -0.352. The standard InChI is InChI=1S/C8H11ClN4O/c1-5-7(9)12-4-13-8(5)11-3-2-6(10)14/h4H,2-3H2,1H3,(H2,10,14)(H,11,12,13). The zero-order valence-corrected chi connectivity index (χ0v) is 8.51. The van der Waals surface area contributed by atoms with Gasteiger partial charge in [-0.15, -0.1) is 0 Å². The van der Waals surface area contributed by atoms with Crippen LogP contribution in [0, 0.1) is 6.92 Å². The Bertz CT molecular complexity index is 342. The molecule has 1 rings (SSSR count). The number of hydrogen-bond donors (Lipinski definition) is 2. The number of nitrogens with two attached hydrogens (primary N) is 1. The molecule has 0 aliphatic heterocycles. The molecular formula is C8H11ClN4O. The Morgan fingerprint density at radius 2 is 2.36 bits per heavy atom. The first kappa shape index (κ1) is 10.7. The van der Waals surface area contributed by atoms with Gasteiger partial charge in [-0.2, -0.15) is 0 Å². The maximum atomic E-state index is 10.5. The van der Waals surface area contributed by atoms with Gasteiger partial charge in [0.15, 0.2) is 0 Å². The summed E-state index contributed by atoms with van der Waals surface area (Å²) >= 11 is 5.77. The first-order valence-electron chi connectivity index (χ1n) is 4.10. The van der Waals surface area contributed by atoms with E-state index in [2.05, 4.69) is 15.3 Å². The van der Waals surface area contributed by atoms with Gasteiger partial charge in [0, 0.05) is 18.5 Å². The van der Waals surface area contributed by atoms with Crippen molar-refractivity contribution in [3.05, 3.63) is 17.0 Å². The van der Waals surface area contributed by atoms with Crippen molar-refractivity contribution >= 4 is 23.3 Å². The van der Waals surface area contributed by atoms with Crippen LogP contribution in [0.5, 0.6) is 0 Å². The Morgan fingerprint density at radius 3 is 3.00 bits per heavy atom. The monoisotopic (exact) mass is 214 g/mol. The second kappa shape index (κ2) is 4.76. The van der Waals surface area contributed by atoms with Crippen molar-refractivity contribution in [1.82, 2.24) is 9.97 Å². The molecule has 0 fully saturated rings. The van der Waals surface area contributed by atoms with Crippen LogP contribution in [0.1, 0.15) is 12.0 Å². The summed E-state index contributed by atoms with van der Waals surface area (Å²) in [6, 6.07) is 0. The average molecular weight is 215 g/mol. The summed E-state index contributed by atoms with van der Waals surface area (Å²) in [5.41, 5.74) is 5.75. The van der Waals surface area contributed by atoms with Crippen molar-refractivity contribution in [2.24, 2.45) is 5.73 Å². The Morgan fingerprint density at radius 1 is 1.64 bits per heavy atom. The second-order valence-corrected chi connectivity index (χ2v) is 3.14. The van der Waals surface area contributed by atoms with E-state index < -0.39 is 0 Å². The van der Waals surface area contributed by atoms with Crippen LogP contribution in [0.2, 0.25) is 5.15 Å². The SMILES string of the molecule is Cc1c(Cl)ncnc1NCCC(N)=O. The van der Waals surface area contributed by atoms with Crippen molar-refractivity contribution in [2.45, 2.75) is 13.3 Å². The van der Waals surface area contributed by atoms with Crippen molar-refractivity contribution in [3.8, 4) is 0 Å². The molecule has 0 radical (unpaired) electrons. The van der Waals surface area contributed by atoms with E-state index in [1.165, 1.54) is 6.33 Å². The summed E-state index contributed by atoms with van der Waals surface area (Å²) in [5.74, 6) is 0.279. The minimum absolute atomic E-state index is 0.265. The number of nitrogens with zero attached hydrogens (tertiary/aromatic N) is 2. The molecule has 76 valence electrons. The fraction of sp³-hybridized carbons (Fsp3) is 0.375. The zero-order valence-electron chi connectivity index (χ0n) is 7.75. The van der Waals surface area contributed by atoms with E-state index >= 15 is 0 Å². The lowest BCUT2D eigenvalue weighted by molar-refractivity contribution is -0.117. The third kappa shape index (κ3) is 2.85. The lowest BCUT2D eigenvalue weighted by Gasteiger charge is -2.07. The molecule has 1 heterocycles. The van der Waals surface area contributed by atoms with Gasteiger partial charge < -0.3 is 11.1 Å². The molecule has 1 aromatic rings. The third-order valence-electron chi connectivity index (χ3n) is 1.69. The highest BCUT2D eigenvalue weighted by molar-refractivity contribution is 6.30. The van der Waals surface area contributed by atoms with Crippen LogP contribution in [-0.4, -0.2) is 22.4 Å². The minimum Gasteiger partial charge on any atom is -0.370 e. The predicted octanol–water partition coefficient (Wildman–Crippen LogP) is 0.726. The van der Waals surface area contributed by atoms with E-state index in [-0.39, 0.29) is 12.3 Å². The van der Waals surface area contributed by atoms with Crippen LogP contribution >= 0.6 is 11.6 Å². The molecule has 0 saturated heterocycles. The van der Waals surface area contributed by atoms with Gasteiger partial charge in [-0.05, 0) is 6.92 Å². The normalized spacial score (nSPS) is 9.86. The van der Waals surface area contributed by atoms with E-state index in [0.717, 1.165) is 5.56 Å². The van der Waals surface area contributed by atoms with Crippen LogP contribution in [0.3, 0.4) is 0 Å². The number of primary amides is 1. The molecule has 0 aliphatic rings. The van der Waals surface area contributed by atoms with Crippen LogP contribution in [-0.2, 0) is 4.79 Å². The van der Waals surface area contributed by atoms with Gasteiger partial charge in [0.1, 0.15) is 17.3 Å². The molecule has 0 unspecified atom stereocenters. The summed E-state index contributed by atoms with van der Waals surface area (Å²) < 4.78 is 0.